The molecule has 1 aromatic rings. The SMILES string of the molecule is CN(CC(=O)Nc1ccc(C#N)c(Cl)c1)CC(O)C(F)(F)F. The van der Waals surface area contributed by atoms with Gasteiger partial charge in [-0.15, -0.1) is 0 Å². The summed E-state index contributed by atoms with van der Waals surface area (Å²) < 4.78 is 36.6. The monoisotopic (exact) mass is 335 g/mol. The van der Waals surface area contributed by atoms with E-state index in [9.17, 15) is 18.0 Å². The van der Waals surface area contributed by atoms with Gasteiger partial charge in [-0.25, -0.2) is 0 Å². The van der Waals surface area contributed by atoms with Crippen molar-refractivity contribution < 1.29 is 23.1 Å². The van der Waals surface area contributed by atoms with Gasteiger partial charge in [0.25, 0.3) is 0 Å². The molecule has 0 saturated carbocycles. The van der Waals surface area contributed by atoms with Gasteiger partial charge in [-0.3, -0.25) is 9.69 Å². The van der Waals surface area contributed by atoms with Crippen molar-refractivity contribution in [2.24, 2.45) is 0 Å². The van der Waals surface area contributed by atoms with Gasteiger partial charge in [0.1, 0.15) is 6.07 Å². The topological polar surface area (TPSA) is 76.4 Å². The van der Waals surface area contributed by atoms with Crippen LogP contribution in [0.15, 0.2) is 18.2 Å². The van der Waals surface area contributed by atoms with E-state index in [4.69, 9.17) is 22.0 Å². The van der Waals surface area contributed by atoms with E-state index < -0.39 is 24.7 Å². The molecule has 1 rings (SSSR count). The highest BCUT2D eigenvalue weighted by molar-refractivity contribution is 6.32. The highest BCUT2D eigenvalue weighted by Gasteiger charge is 2.38. The number of nitrogens with zero attached hydrogens (tertiary/aromatic N) is 2. The molecule has 1 aromatic carbocycles. The Morgan fingerprint density at radius 3 is 2.68 bits per heavy atom. The van der Waals surface area contributed by atoms with Crippen LogP contribution in [0.5, 0.6) is 0 Å². The lowest BCUT2D eigenvalue weighted by Gasteiger charge is -2.21. The van der Waals surface area contributed by atoms with E-state index in [1.807, 2.05) is 6.07 Å². The zero-order valence-electron chi connectivity index (χ0n) is 11.5. The van der Waals surface area contributed by atoms with E-state index in [0.29, 0.717) is 5.69 Å². The Balaban J connectivity index is 2.56. The summed E-state index contributed by atoms with van der Waals surface area (Å²) in [6.07, 6.45) is -7.25. The summed E-state index contributed by atoms with van der Waals surface area (Å²) in [5.41, 5.74) is 0.559. The average molecular weight is 336 g/mol. The normalized spacial score (nSPS) is 12.8. The maximum Gasteiger partial charge on any atom is 0.415 e. The van der Waals surface area contributed by atoms with Crippen LogP contribution in [0.1, 0.15) is 5.56 Å². The quantitative estimate of drug-likeness (QED) is 0.863. The third-order valence-electron chi connectivity index (χ3n) is 2.65. The predicted molar refractivity (Wildman–Crippen MR) is 74.4 cm³/mol. The molecule has 1 atom stereocenters. The van der Waals surface area contributed by atoms with Crippen molar-refractivity contribution >= 4 is 23.2 Å². The highest BCUT2D eigenvalue weighted by atomic mass is 35.5. The summed E-state index contributed by atoms with van der Waals surface area (Å²) >= 11 is 5.80. The number of aliphatic hydroxyl groups is 1. The molecule has 0 saturated heterocycles. The molecule has 0 aromatic heterocycles. The number of likely N-dealkylation sites (N-methyl/N-ethyl adjacent to an activating group) is 1. The first-order chi connectivity index (χ1) is 10.1. The summed E-state index contributed by atoms with van der Waals surface area (Å²) in [5.74, 6) is -0.572. The van der Waals surface area contributed by atoms with Crippen LogP contribution in [0.3, 0.4) is 0 Å². The van der Waals surface area contributed by atoms with Crippen LogP contribution in [0.2, 0.25) is 5.02 Å². The average Bonchev–Trinajstić information content (AvgIpc) is 2.37. The summed E-state index contributed by atoms with van der Waals surface area (Å²) in [4.78, 5) is 12.7. The number of carbonyl (C=O) groups is 1. The van der Waals surface area contributed by atoms with Gasteiger partial charge in [-0.05, 0) is 25.2 Å². The molecule has 0 aliphatic rings. The number of aliphatic hydroxyl groups excluding tert-OH is 1. The maximum atomic E-state index is 12.2. The molecule has 22 heavy (non-hydrogen) atoms. The number of hydrogen-bond acceptors (Lipinski definition) is 4. The molecule has 5 nitrogen and oxygen atoms in total. The van der Waals surface area contributed by atoms with Crippen molar-refractivity contribution in [1.29, 1.82) is 5.26 Å². The van der Waals surface area contributed by atoms with Gasteiger partial charge >= 0.3 is 6.18 Å². The van der Waals surface area contributed by atoms with Crippen LogP contribution in [-0.4, -0.2) is 48.3 Å². The number of alkyl halides is 3. The van der Waals surface area contributed by atoms with Crippen LogP contribution in [0.25, 0.3) is 0 Å². The number of nitrogens with one attached hydrogen (secondary N) is 1. The maximum absolute atomic E-state index is 12.2. The number of rotatable bonds is 5. The second-order valence-electron chi connectivity index (χ2n) is 4.61. The first kappa shape index (κ1) is 18.2. The number of carbonyl (C=O) groups excluding carboxylic acids is 1. The summed E-state index contributed by atoms with van der Waals surface area (Å²) in [6, 6.07) is 6.08. The van der Waals surface area contributed by atoms with E-state index in [0.717, 1.165) is 4.90 Å². The van der Waals surface area contributed by atoms with Crippen LogP contribution in [-0.2, 0) is 4.79 Å². The fourth-order valence-corrected chi connectivity index (χ4v) is 1.82. The van der Waals surface area contributed by atoms with Crippen molar-refractivity contribution in [3.05, 3.63) is 28.8 Å². The molecular weight excluding hydrogens is 323 g/mol. The van der Waals surface area contributed by atoms with Crippen molar-refractivity contribution in [3.8, 4) is 6.07 Å². The van der Waals surface area contributed by atoms with Crippen molar-refractivity contribution in [1.82, 2.24) is 4.90 Å². The van der Waals surface area contributed by atoms with Gasteiger partial charge in [0.15, 0.2) is 6.10 Å². The van der Waals surface area contributed by atoms with Gasteiger partial charge in [0, 0.05) is 12.2 Å². The molecule has 2 N–H and O–H groups in total. The molecule has 0 spiro atoms. The fraction of sp³-hybridized carbons (Fsp3) is 0.385. The van der Waals surface area contributed by atoms with E-state index in [1.54, 1.807) is 0 Å². The number of halogens is 4. The van der Waals surface area contributed by atoms with Gasteiger partial charge in [-0.1, -0.05) is 11.6 Å². The third-order valence-corrected chi connectivity index (χ3v) is 2.96. The van der Waals surface area contributed by atoms with E-state index in [1.165, 1.54) is 25.2 Å². The Bertz CT molecular complexity index is 587. The molecule has 1 unspecified atom stereocenters. The van der Waals surface area contributed by atoms with E-state index >= 15 is 0 Å². The summed E-state index contributed by atoms with van der Waals surface area (Å²) in [6.45, 7) is -1.06. The number of nitriles is 1. The molecule has 0 fully saturated rings. The Kier molecular flexibility index (Phi) is 6.17. The zero-order valence-corrected chi connectivity index (χ0v) is 12.2. The third kappa shape index (κ3) is 5.52. The van der Waals surface area contributed by atoms with Crippen LogP contribution < -0.4 is 5.32 Å². The minimum absolute atomic E-state index is 0.154. The number of amides is 1. The lowest BCUT2D eigenvalue weighted by atomic mass is 10.2. The van der Waals surface area contributed by atoms with Gasteiger partial charge in [0.2, 0.25) is 5.91 Å². The lowest BCUT2D eigenvalue weighted by molar-refractivity contribution is -0.207. The van der Waals surface area contributed by atoms with Gasteiger partial charge < -0.3 is 10.4 Å². The van der Waals surface area contributed by atoms with Gasteiger partial charge in [0.05, 0.1) is 17.1 Å². The molecule has 0 radical (unpaired) electrons. The molecular formula is C13H13ClF3N3O2. The van der Waals surface area contributed by atoms with Crippen molar-refractivity contribution in [2.75, 3.05) is 25.5 Å². The Morgan fingerprint density at radius 1 is 1.55 bits per heavy atom. The molecule has 0 bridgehead atoms. The standard InChI is InChI=1S/C13H13ClF3N3O2/c1-20(6-11(21)13(15,16)17)7-12(22)19-9-3-2-8(5-18)10(14)4-9/h2-4,11,21H,6-7H2,1H3,(H,19,22). The number of benzene rings is 1. The van der Waals surface area contributed by atoms with Crippen molar-refractivity contribution in [3.63, 3.8) is 0 Å². The zero-order chi connectivity index (χ0) is 16.9. The highest BCUT2D eigenvalue weighted by Crippen LogP contribution is 2.21. The van der Waals surface area contributed by atoms with E-state index in [-0.39, 0.29) is 17.1 Å². The number of hydrogen-bond donors (Lipinski definition) is 2. The molecule has 120 valence electrons. The van der Waals surface area contributed by atoms with Crippen LogP contribution in [0, 0.1) is 11.3 Å². The fourth-order valence-electron chi connectivity index (χ4n) is 1.59. The molecule has 0 heterocycles. The second-order valence-corrected chi connectivity index (χ2v) is 5.02. The molecule has 9 heteroatoms. The molecule has 0 aliphatic heterocycles. The van der Waals surface area contributed by atoms with Crippen LogP contribution >= 0.6 is 11.6 Å². The summed E-state index contributed by atoms with van der Waals surface area (Å²) in [7, 11) is 1.28. The Hall–Kier alpha value is -1.82. The second kappa shape index (κ2) is 7.45. The first-order valence-corrected chi connectivity index (χ1v) is 6.44. The first-order valence-electron chi connectivity index (χ1n) is 6.06. The predicted octanol–water partition coefficient (Wildman–Crippen LogP) is 2.01. The minimum atomic E-state index is -4.73. The molecule has 1 amide bonds. The van der Waals surface area contributed by atoms with Crippen LogP contribution in [0.4, 0.5) is 18.9 Å². The van der Waals surface area contributed by atoms with Gasteiger partial charge in [-0.2, -0.15) is 18.4 Å². The van der Waals surface area contributed by atoms with E-state index in [2.05, 4.69) is 5.32 Å². The lowest BCUT2D eigenvalue weighted by Crippen LogP contribution is -2.42. The molecule has 0 aliphatic carbocycles. The smallest absolute Gasteiger partial charge is 0.382 e. The van der Waals surface area contributed by atoms with Crippen molar-refractivity contribution in [2.45, 2.75) is 12.3 Å². The Labute approximate surface area is 129 Å². The largest absolute Gasteiger partial charge is 0.415 e. The Morgan fingerprint density at radius 2 is 2.18 bits per heavy atom. The summed E-state index contributed by atoms with van der Waals surface area (Å²) in [5, 5.41) is 20.2. The minimum Gasteiger partial charge on any atom is -0.382 e. The number of anilines is 1.